The summed E-state index contributed by atoms with van der Waals surface area (Å²) in [5, 5.41) is 2.85. The molecule has 1 amide bonds. The van der Waals surface area contributed by atoms with Gasteiger partial charge in [0.15, 0.2) is 6.61 Å². The Morgan fingerprint density at radius 1 is 1.10 bits per heavy atom. The quantitative estimate of drug-likeness (QED) is 0.630. The molecule has 0 heterocycles. The lowest BCUT2D eigenvalue weighted by atomic mass is 10.2. The number of amides is 1. The first-order valence-corrected chi connectivity index (χ1v) is 7.86. The highest BCUT2D eigenvalue weighted by molar-refractivity contribution is 7.99. The fourth-order valence-electron chi connectivity index (χ4n) is 1.71. The number of benzene rings is 2. The Morgan fingerprint density at radius 2 is 1.81 bits per heavy atom. The Morgan fingerprint density at radius 3 is 2.52 bits per heavy atom. The monoisotopic (exact) mass is 301 g/mol. The van der Waals surface area contributed by atoms with E-state index in [2.05, 4.69) is 36.5 Å². The number of hydrogen-bond donors (Lipinski definition) is 1. The van der Waals surface area contributed by atoms with E-state index < -0.39 is 0 Å². The minimum absolute atomic E-state index is 0.0548. The largest absolute Gasteiger partial charge is 0.484 e. The van der Waals surface area contributed by atoms with Crippen molar-refractivity contribution in [3.05, 3.63) is 60.2 Å². The van der Waals surface area contributed by atoms with Gasteiger partial charge in [0.05, 0.1) is 0 Å². The van der Waals surface area contributed by atoms with Crippen LogP contribution in [0.15, 0.2) is 59.5 Å². The average Bonchev–Trinajstić information content (AvgIpc) is 2.52. The van der Waals surface area contributed by atoms with Gasteiger partial charge in [-0.1, -0.05) is 35.9 Å². The maximum Gasteiger partial charge on any atom is 0.257 e. The molecule has 0 radical (unpaired) electrons. The van der Waals surface area contributed by atoms with Gasteiger partial charge < -0.3 is 10.1 Å². The summed E-state index contributed by atoms with van der Waals surface area (Å²) >= 11 is 1.73. The summed E-state index contributed by atoms with van der Waals surface area (Å²) in [5.74, 6) is 1.46. The predicted octanol–water partition coefficient (Wildman–Crippen LogP) is 3.28. The molecule has 2 aromatic carbocycles. The summed E-state index contributed by atoms with van der Waals surface area (Å²) in [6.07, 6.45) is 0. The molecule has 0 atom stereocenters. The maximum absolute atomic E-state index is 11.6. The zero-order chi connectivity index (χ0) is 14.9. The van der Waals surface area contributed by atoms with Crippen LogP contribution in [0, 0.1) is 6.92 Å². The lowest BCUT2D eigenvalue weighted by Crippen LogP contribution is -2.30. The van der Waals surface area contributed by atoms with Crippen LogP contribution in [0.4, 0.5) is 0 Å². The summed E-state index contributed by atoms with van der Waals surface area (Å²) in [7, 11) is 0. The van der Waals surface area contributed by atoms with Gasteiger partial charge in [0, 0.05) is 17.2 Å². The van der Waals surface area contributed by atoms with E-state index in [0.29, 0.717) is 12.3 Å². The molecule has 0 aliphatic carbocycles. The average molecular weight is 301 g/mol. The van der Waals surface area contributed by atoms with Gasteiger partial charge >= 0.3 is 0 Å². The van der Waals surface area contributed by atoms with Crippen LogP contribution in [0.25, 0.3) is 0 Å². The van der Waals surface area contributed by atoms with E-state index in [9.17, 15) is 4.79 Å². The SMILES string of the molecule is Cc1ccc(SCCNC(=O)COc2ccccc2)cc1. The Kier molecular flexibility index (Phi) is 6.16. The molecular weight excluding hydrogens is 282 g/mol. The van der Waals surface area contributed by atoms with Crippen molar-refractivity contribution < 1.29 is 9.53 Å². The van der Waals surface area contributed by atoms with Crippen molar-refractivity contribution in [2.75, 3.05) is 18.9 Å². The van der Waals surface area contributed by atoms with Crippen LogP contribution in [0.3, 0.4) is 0 Å². The van der Waals surface area contributed by atoms with Crippen LogP contribution in [0.5, 0.6) is 5.75 Å². The van der Waals surface area contributed by atoms with E-state index >= 15 is 0 Å². The molecule has 0 aromatic heterocycles. The number of rotatable bonds is 7. The van der Waals surface area contributed by atoms with Crippen LogP contribution < -0.4 is 10.1 Å². The van der Waals surface area contributed by atoms with Gasteiger partial charge in [-0.15, -0.1) is 11.8 Å². The first-order chi connectivity index (χ1) is 10.2. The number of carbonyl (C=O) groups excluding carboxylic acids is 1. The number of para-hydroxylation sites is 1. The highest BCUT2D eigenvalue weighted by Crippen LogP contribution is 2.17. The molecule has 110 valence electrons. The Bertz CT molecular complexity index is 555. The zero-order valence-corrected chi connectivity index (χ0v) is 12.9. The summed E-state index contributed by atoms with van der Waals surface area (Å²) in [6.45, 7) is 2.76. The summed E-state index contributed by atoms with van der Waals surface area (Å²) in [6, 6.07) is 17.7. The molecule has 0 unspecified atom stereocenters. The van der Waals surface area contributed by atoms with E-state index in [1.165, 1.54) is 10.5 Å². The first-order valence-electron chi connectivity index (χ1n) is 6.88. The lowest BCUT2D eigenvalue weighted by Gasteiger charge is -2.07. The third-order valence-corrected chi connectivity index (χ3v) is 3.84. The number of carbonyl (C=O) groups is 1. The lowest BCUT2D eigenvalue weighted by molar-refractivity contribution is -0.122. The zero-order valence-electron chi connectivity index (χ0n) is 12.0. The fourth-order valence-corrected chi connectivity index (χ4v) is 2.48. The molecular formula is C17H19NO2S. The number of thioether (sulfide) groups is 1. The van der Waals surface area contributed by atoms with Crippen LogP contribution in [0.1, 0.15) is 5.56 Å². The molecule has 0 aliphatic rings. The summed E-state index contributed by atoms with van der Waals surface area (Å²) in [5.41, 5.74) is 1.26. The van der Waals surface area contributed by atoms with Gasteiger partial charge in [-0.3, -0.25) is 4.79 Å². The predicted molar refractivity (Wildman–Crippen MR) is 86.8 cm³/mol. The number of nitrogens with one attached hydrogen (secondary N) is 1. The van der Waals surface area contributed by atoms with Crippen molar-refractivity contribution in [1.29, 1.82) is 0 Å². The molecule has 0 fully saturated rings. The second kappa shape index (κ2) is 8.37. The van der Waals surface area contributed by atoms with Crippen molar-refractivity contribution in [3.8, 4) is 5.75 Å². The molecule has 21 heavy (non-hydrogen) atoms. The van der Waals surface area contributed by atoms with E-state index in [4.69, 9.17) is 4.74 Å². The van der Waals surface area contributed by atoms with Gasteiger partial charge in [-0.25, -0.2) is 0 Å². The molecule has 2 aromatic rings. The third kappa shape index (κ3) is 5.92. The molecule has 0 saturated carbocycles. The highest BCUT2D eigenvalue weighted by Gasteiger charge is 2.02. The maximum atomic E-state index is 11.6. The number of aryl methyl sites for hydroxylation is 1. The van der Waals surface area contributed by atoms with Gasteiger partial charge in [-0.05, 0) is 31.2 Å². The fraction of sp³-hybridized carbons (Fsp3) is 0.235. The molecule has 0 bridgehead atoms. The van der Waals surface area contributed by atoms with Crippen molar-refractivity contribution in [2.24, 2.45) is 0 Å². The normalized spacial score (nSPS) is 10.1. The van der Waals surface area contributed by atoms with Gasteiger partial charge in [0.2, 0.25) is 0 Å². The van der Waals surface area contributed by atoms with Gasteiger partial charge in [0.25, 0.3) is 5.91 Å². The topological polar surface area (TPSA) is 38.3 Å². The Balaban J connectivity index is 1.60. The van der Waals surface area contributed by atoms with Gasteiger partial charge in [0.1, 0.15) is 5.75 Å². The standard InChI is InChI=1S/C17H19NO2S/c1-14-7-9-16(10-8-14)21-12-11-18-17(19)13-20-15-5-3-2-4-6-15/h2-10H,11-13H2,1H3,(H,18,19). The molecule has 1 N–H and O–H groups in total. The van der Waals surface area contributed by atoms with Crippen LogP contribution in [-0.4, -0.2) is 24.8 Å². The van der Waals surface area contributed by atoms with Crippen molar-refractivity contribution in [3.63, 3.8) is 0 Å². The second-order valence-corrected chi connectivity index (χ2v) is 5.78. The number of ether oxygens (including phenoxy) is 1. The Labute approximate surface area is 129 Å². The van der Waals surface area contributed by atoms with Crippen LogP contribution in [-0.2, 0) is 4.79 Å². The highest BCUT2D eigenvalue weighted by atomic mass is 32.2. The molecule has 0 spiro atoms. The Hall–Kier alpha value is -1.94. The summed E-state index contributed by atoms with van der Waals surface area (Å²) < 4.78 is 5.38. The van der Waals surface area contributed by atoms with Crippen molar-refractivity contribution >= 4 is 17.7 Å². The second-order valence-electron chi connectivity index (χ2n) is 4.61. The van der Waals surface area contributed by atoms with Crippen LogP contribution >= 0.6 is 11.8 Å². The number of hydrogen-bond acceptors (Lipinski definition) is 3. The van der Waals surface area contributed by atoms with Crippen molar-refractivity contribution in [1.82, 2.24) is 5.32 Å². The van der Waals surface area contributed by atoms with E-state index in [1.807, 2.05) is 30.3 Å². The summed E-state index contributed by atoms with van der Waals surface area (Å²) in [4.78, 5) is 12.8. The molecule has 4 heteroatoms. The van der Waals surface area contributed by atoms with E-state index in [-0.39, 0.29) is 12.5 Å². The van der Waals surface area contributed by atoms with E-state index in [1.54, 1.807) is 11.8 Å². The van der Waals surface area contributed by atoms with Crippen molar-refractivity contribution in [2.45, 2.75) is 11.8 Å². The van der Waals surface area contributed by atoms with Gasteiger partial charge in [-0.2, -0.15) is 0 Å². The third-order valence-electron chi connectivity index (χ3n) is 2.83. The van der Waals surface area contributed by atoms with Crippen LogP contribution in [0.2, 0.25) is 0 Å². The molecule has 2 rings (SSSR count). The molecule has 3 nitrogen and oxygen atoms in total. The minimum atomic E-state index is -0.0941. The molecule has 0 aliphatic heterocycles. The molecule has 0 saturated heterocycles. The first kappa shape index (κ1) is 15.4. The smallest absolute Gasteiger partial charge is 0.257 e. The van der Waals surface area contributed by atoms with E-state index in [0.717, 1.165) is 5.75 Å². The minimum Gasteiger partial charge on any atom is -0.484 e.